The smallest absolute Gasteiger partial charge is 0.255 e. The summed E-state index contributed by atoms with van der Waals surface area (Å²) in [7, 11) is 0. The predicted molar refractivity (Wildman–Crippen MR) is 107 cm³/mol. The van der Waals surface area contributed by atoms with Gasteiger partial charge in [-0.25, -0.2) is 0 Å². The lowest BCUT2D eigenvalue weighted by Crippen LogP contribution is -2.16. The molecule has 0 bridgehead atoms. The SMILES string of the molecule is Cc1c(NC(=O)c2cccc(OCC(C)C)c2)cccc1NC(=O)C1CC1. The zero-order valence-corrected chi connectivity index (χ0v) is 16.0. The fourth-order valence-corrected chi connectivity index (χ4v) is 2.67. The molecule has 1 aliphatic rings. The summed E-state index contributed by atoms with van der Waals surface area (Å²) < 4.78 is 5.70. The molecule has 0 radical (unpaired) electrons. The van der Waals surface area contributed by atoms with Crippen molar-refractivity contribution in [3.63, 3.8) is 0 Å². The predicted octanol–water partition coefficient (Wildman–Crippen LogP) is 4.63. The number of nitrogens with one attached hydrogen (secondary N) is 2. The highest BCUT2D eigenvalue weighted by molar-refractivity contribution is 6.05. The number of carbonyl (C=O) groups is 2. The Balaban J connectivity index is 1.70. The van der Waals surface area contributed by atoms with Crippen LogP contribution < -0.4 is 15.4 Å². The molecule has 5 heteroatoms. The number of hydrogen-bond donors (Lipinski definition) is 2. The molecule has 0 saturated heterocycles. The third-order valence-electron chi connectivity index (χ3n) is 4.47. The first-order valence-corrected chi connectivity index (χ1v) is 9.38. The van der Waals surface area contributed by atoms with Gasteiger partial charge in [-0.3, -0.25) is 9.59 Å². The molecule has 0 aliphatic heterocycles. The van der Waals surface area contributed by atoms with Crippen molar-refractivity contribution in [2.75, 3.05) is 17.2 Å². The summed E-state index contributed by atoms with van der Waals surface area (Å²) in [5, 5.41) is 5.88. The molecule has 3 rings (SSSR count). The molecule has 0 spiro atoms. The Bertz CT molecular complexity index is 841. The Labute approximate surface area is 160 Å². The molecule has 27 heavy (non-hydrogen) atoms. The van der Waals surface area contributed by atoms with E-state index in [0.717, 1.165) is 24.1 Å². The molecule has 1 saturated carbocycles. The van der Waals surface area contributed by atoms with Crippen LogP contribution in [0.1, 0.15) is 42.6 Å². The van der Waals surface area contributed by atoms with Gasteiger partial charge in [0.1, 0.15) is 5.75 Å². The average molecular weight is 366 g/mol. The number of anilines is 2. The van der Waals surface area contributed by atoms with Crippen LogP contribution >= 0.6 is 0 Å². The van der Waals surface area contributed by atoms with E-state index in [1.54, 1.807) is 12.1 Å². The van der Waals surface area contributed by atoms with E-state index in [1.165, 1.54) is 0 Å². The van der Waals surface area contributed by atoms with Crippen LogP contribution in [-0.4, -0.2) is 18.4 Å². The Kier molecular flexibility index (Phi) is 5.79. The highest BCUT2D eigenvalue weighted by Crippen LogP contribution is 2.31. The average Bonchev–Trinajstić information content (AvgIpc) is 3.48. The van der Waals surface area contributed by atoms with Gasteiger partial charge < -0.3 is 15.4 Å². The third-order valence-corrected chi connectivity index (χ3v) is 4.47. The zero-order chi connectivity index (χ0) is 19.4. The lowest BCUT2D eigenvalue weighted by molar-refractivity contribution is -0.117. The molecular weight excluding hydrogens is 340 g/mol. The van der Waals surface area contributed by atoms with Gasteiger partial charge >= 0.3 is 0 Å². The van der Waals surface area contributed by atoms with Crippen LogP contribution in [0.3, 0.4) is 0 Å². The van der Waals surface area contributed by atoms with Crippen molar-refractivity contribution in [2.45, 2.75) is 33.6 Å². The molecule has 2 N–H and O–H groups in total. The molecule has 0 aromatic heterocycles. The Morgan fingerprint density at radius 3 is 2.41 bits per heavy atom. The van der Waals surface area contributed by atoms with E-state index in [-0.39, 0.29) is 17.7 Å². The third kappa shape index (κ3) is 5.09. The summed E-state index contributed by atoms with van der Waals surface area (Å²) in [4.78, 5) is 24.7. The Morgan fingerprint density at radius 2 is 1.74 bits per heavy atom. The molecule has 1 aliphatic carbocycles. The fraction of sp³-hybridized carbons (Fsp3) is 0.364. The molecule has 0 unspecified atom stereocenters. The molecule has 5 nitrogen and oxygen atoms in total. The molecule has 2 aromatic rings. The fourth-order valence-electron chi connectivity index (χ4n) is 2.67. The molecule has 142 valence electrons. The second-order valence-electron chi connectivity index (χ2n) is 7.43. The number of carbonyl (C=O) groups excluding carboxylic acids is 2. The highest BCUT2D eigenvalue weighted by atomic mass is 16.5. The number of ether oxygens (including phenoxy) is 1. The highest BCUT2D eigenvalue weighted by Gasteiger charge is 2.29. The van der Waals surface area contributed by atoms with Gasteiger partial charge in [-0.1, -0.05) is 26.0 Å². The molecular formula is C22H26N2O3. The quantitative estimate of drug-likeness (QED) is 0.751. The van der Waals surface area contributed by atoms with Gasteiger partial charge in [0.25, 0.3) is 5.91 Å². The first-order chi connectivity index (χ1) is 12.9. The van der Waals surface area contributed by atoms with Crippen LogP contribution in [0.15, 0.2) is 42.5 Å². The number of rotatable bonds is 7. The van der Waals surface area contributed by atoms with Gasteiger partial charge in [-0.05, 0) is 61.6 Å². The van der Waals surface area contributed by atoms with E-state index >= 15 is 0 Å². The van der Waals surface area contributed by atoms with E-state index in [0.29, 0.717) is 29.5 Å². The summed E-state index contributed by atoms with van der Waals surface area (Å²) in [5.41, 5.74) is 2.79. The van der Waals surface area contributed by atoms with E-state index in [9.17, 15) is 9.59 Å². The molecule has 0 heterocycles. The van der Waals surface area contributed by atoms with Crippen molar-refractivity contribution >= 4 is 23.2 Å². The van der Waals surface area contributed by atoms with E-state index in [1.807, 2.05) is 37.3 Å². The van der Waals surface area contributed by atoms with Crippen LogP contribution in [0.4, 0.5) is 11.4 Å². The summed E-state index contributed by atoms with van der Waals surface area (Å²) >= 11 is 0. The first kappa shape index (κ1) is 19.0. The standard InChI is InChI=1S/C22H26N2O3/c1-14(2)13-27-18-7-4-6-17(12-18)22(26)24-20-9-5-8-19(15(20)3)23-21(25)16-10-11-16/h4-9,12,14,16H,10-11,13H2,1-3H3,(H,23,25)(H,24,26). The molecule has 0 atom stereocenters. The maximum Gasteiger partial charge on any atom is 0.255 e. The van der Waals surface area contributed by atoms with Gasteiger partial charge in [0, 0.05) is 22.9 Å². The van der Waals surface area contributed by atoms with Gasteiger partial charge in [0.15, 0.2) is 0 Å². The minimum Gasteiger partial charge on any atom is -0.493 e. The zero-order valence-electron chi connectivity index (χ0n) is 16.0. The van der Waals surface area contributed by atoms with Crippen molar-refractivity contribution in [2.24, 2.45) is 11.8 Å². The van der Waals surface area contributed by atoms with Crippen LogP contribution in [-0.2, 0) is 4.79 Å². The second kappa shape index (κ2) is 8.25. The van der Waals surface area contributed by atoms with Crippen LogP contribution in [0.2, 0.25) is 0 Å². The first-order valence-electron chi connectivity index (χ1n) is 9.38. The van der Waals surface area contributed by atoms with Crippen molar-refractivity contribution in [1.29, 1.82) is 0 Å². The lowest BCUT2D eigenvalue weighted by atomic mass is 10.1. The van der Waals surface area contributed by atoms with E-state index < -0.39 is 0 Å². The summed E-state index contributed by atoms with van der Waals surface area (Å²) in [6.07, 6.45) is 1.91. The summed E-state index contributed by atoms with van der Waals surface area (Å²) in [6, 6.07) is 12.7. The van der Waals surface area contributed by atoms with Crippen LogP contribution in [0.5, 0.6) is 5.75 Å². The maximum atomic E-state index is 12.7. The van der Waals surface area contributed by atoms with Gasteiger partial charge in [0.2, 0.25) is 5.91 Å². The summed E-state index contributed by atoms with van der Waals surface area (Å²) in [6.45, 7) is 6.65. The number of amides is 2. The summed E-state index contributed by atoms with van der Waals surface area (Å²) in [5.74, 6) is 1.07. The topological polar surface area (TPSA) is 67.4 Å². The maximum absolute atomic E-state index is 12.7. The monoisotopic (exact) mass is 366 g/mol. The van der Waals surface area contributed by atoms with Gasteiger partial charge in [-0.15, -0.1) is 0 Å². The van der Waals surface area contributed by atoms with Crippen molar-refractivity contribution in [3.05, 3.63) is 53.6 Å². The van der Waals surface area contributed by atoms with E-state index in [4.69, 9.17) is 4.74 Å². The Morgan fingerprint density at radius 1 is 1.07 bits per heavy atom. The van der Waals surface area contributed by atoms with E-state index in [2.05, 4.69) is 24.5 Å². The van der Waals surface area contributed by atoms with Gasteiger partial charge in [0.05, 0.1) is 6.61 Å². The van der Waals surface area contributed by atoms with Crippen molar-refractivity contribution in [1.82, 2.24) is 0 Å². The number of benzene rings is 2. The minimum absolute atomic E-state index is 0.0524. The molecule has 2 amide bonds. The Hall–Kier alpha value is -2.82. The normalized spacial score (nSPS) is 13.3. The van der Waals surface area contributed by atoms with Crippen LogP contribution in [0.25, 0.3) is 0 Å². The molecule has 1 fully saturated rings. The lowest BCUT2D eigenvalue weighted by Gasteiger charge is -2.14. The minimum atomic E-state index is -0.209. The van der Waals surface area contributed by atoms with Crippen LogP contribution in [0, 0.1) is 18.8 Å². The van der Waals surface area contributed by atoms with Crippen molar-refractivity contribution in [3.8, 4) is 5.75 Å². The van der Waals surface area contributed by atoms with Crippen molar-refractivity contribution < 1.29 is 14.3 Å². The number of hydrogen-bond acceptors (Lipinski definition) is 3. The largest absolute Gasteiger partial charge is 0.493 e. The molecule has 2 aromatic carbocycles. The van der Waals surface area contributed by atoms with Gasteiger partial charge in [-0.2, -0.15) is 0 Å². The second-order valence-corrected chi connectivity index (χ2v) is 7.43.